The summed E-state index contributed by atoms with van der Waals surface area (Å²) in [6.45, 7) is 4.72. The number of hydrogen-bond acceptors (Lipinski definition) is 2. The molecule has 144 valence electrons. The zero-order valence-corrected chi connectivity index (χ0v) is 16.8. The lowest BCUT2D eigenvalue weighted by Gasteiger charge is -2.13. The smallest absolute Gasteiger partial charge is 0.338 e. The van der Waals surface area contributed by atoms with E-state index in [0.717, 1.165) is 24.0 Å². The van der Waals surface area contributed by atoms with Crippen molar-refractivity contribution in [2.75, 3.05) is 6.61 Å². The molecule has 0 saturated heterocycles. The third-order valence-electron chi connectivity index (χ3n) is 5.00. The SMILES string of the molecule is CCCCCCOC(=O)c1ccc(-c2ccccc2-c2ccccc2)c(C)c1. The third kappa shape index (κ3) is 4.89. The van der Waals surface area contributed by atoms with Gasteiger partial charge in [0.15, 0.2) is 0 Å². The number of carbonyl (C=O) groups excluding carboxylic acids is 1. The van der Waals surface area contributed by atoms with E-state index in [1.165, 1.54) is 29.5 Å². The van der Waals surface area contributed by atoms with Crippen LogP contribution in [0, 0.1) is 6.92 Å². The van der Waals surface area contributed by atoms with E-state index in [4.69, 9.17) is 4.74 Å². The Bertz CT molecular complexity index is 913. The first kappa shape index (κ1) is 19.9. The molecule has 0 unspecified atom stereocenters. The van der Waals surface area contributed by atoms with Crippen molar-refractivity contribution >= 4 is 5.97 Å². The molecule has 0 bridgehead atoms. The van der Waals surface area contributed by atoms with E-state index < -0.39 is 0 Å². The molecule has 0 aromatic heterocycles. The standard InChI is InChI=1S/C26H28O2/c1-3-4-5-11-18-28-26(27)22-16-17-23(20(2)19-22)25-15-10-9-14-24(25)21-12-7-6-8-13-21/h6-10,12-17,19H,3-5,11,18H2,1-2H3. The Hall–Kier alpha value is -2.87. The van der Waals surface area contributed by atoms with Gasteiger partial charge in [-0.25, -0.2) is 4.79 Å². The van der Waals surface area contributed by atoms with Gasteiger partial charge in [-0.05, 0) is 53.3 Å². The lowest BCUT2D eigenvalue weighted by Crippen LogP contribution is -2.07. The summed E-state index contributed by atoms with van der Waals surface area (Å²) in [6, 6.07) is 24.6. The van der Waals surface area contributed by atoms with Gasteiger partial charge in [-0.3, -0.25) is 0 Å². The number of ether oxygens (including phenoxy) is 1. The summed E-state index contributed by atoms with van der Waals surface area (Å²) in [6.07, 6.45) is 4.41. The summed E-state index contributed by atoms with van der Waals surface area (Å²) in [5, 5.41) is 0. The van der Waals surface area contributed by atoms with E-state index in [0.29, 0.717) is 12.2 Å². The molecular weight excluding hydrogens is 344 g/mol. The summed E-state index contributed by atoms with van der Waals surface area (Å²) in [5.74, 6) is -0.234. The highest BCUT2D eigenvalue weighted by molar-refractivity contribution is 5.92. The first-order valence-electron chi connectivity index (χ1n) is 10.1. The number of aryl methyl sites for hydroxylation is 1. The highest BCUT2D eigenvalue weighted by Crippen LogP contribution is 2.34. The summed E-state index contributed by atoms with van der Waals surface area (Å²) in [7, 11) is 0. The van der Waals surface area contributed by atoms with E-state index in [1.807, 2.05) is 24.3 Å². The van der Waals surface area contributed by atoms with Crippen molar-refractivity contribution in [1.82, 2.24) is 0 Å². The van der Waals surface area contributed by atoms with Gasteiger partial charge in [0, 0.05) is 0 Å². The maximum absolute atomic E-state index is 12.3. The second-order valence-electron chi connectivity index (χ2n) is 7.14. The van der Waals surface area contributed by atoms with Gasteiger partial charge < -0.3 is 4.74 Å². The molecule has 3 aromatic rings. The molecule has 2 heteroatoms. The number of benzene rings is 3. The number of carbonyl (C=O) groups is 1. The van der Waals surface area contributed by atoms with Crippen LogP contribution >= 0.6 is 0 Å². The number of esters is 1. The minimum atomic E-state index is -0.234. The van der Waals surface area contributed by atoms with Crippen molar-refractivity contribution in [3.05, 3.63) is 83.9 Å². The van der Waals surface area contributed by atoms with Crippen molar-refractivity contribution in [1.29, 1.82) is 0 Å². The van der Waals surface area contributed by atoms with Crippen LogP contribution in [0.1, 0.15) is 48.5 Å². The highest BCUT2D eigenvalue weighted by Gasteiger charge is 2.13. The number of hydrogen-bond donors (Lipinski definition) is 0. The summed E-state index contributed by atoms with van der Waals surface area (Å²) < 4.78 is 5.43. The molecule has 3 rings (SSSR count). The Labute approximate surface area is 168 Å². The van der Waals surface area contributed by atoms with Crippen LogP contribution in [0.3, 0.4) is 0 Å². The van der Waals surface area contributed by atoms with Crippen LogP contribution in [0.4, 0.5) is 0 Å². The fourth-order valence-corrected chi connectivity index (χ4v) is 3.46. The maximum atomic E-state index is 12.3. The molecule has 0 radical (unpaired) electrons. The van der Waals surface area contributed by atoms with Crippen LogP contribution in [-0.4, -0.2) is 12.6 Å². The molecule has 2 nitrogen and oxygen atoms in total. The molecule has 0 amide bonds. The molecule has 28 heavy (non-hydrogen) atoms. The van der Waals surface area contributed by atoms with Crippen LogP contribution in [0.2, 0.25) is 0 Å². The van der Waals surface area contributed by atoms with Crippen molar-refractivity contribution in [2.24, 2.45) is 0 Å². The van der Waals surface area contributed by atoms with E-state index in [-0.39, 0.29) is 5.97 Å². The topological polar surface area (TPSA) is 26.3 Å². The number of rotatable bonds is 8. The first-order valence-corrected chi connectivity index (χ1v) is 10.1. The van der Waals surface area contributed by atoms with E-state index in [9.17, 15) is 4.79 Å². The van der Waals surface area contributed by atoms with E-state index >= 15 is 0 Å². The molecule has 3 aromatic carbocycles. The molecule has 0 aliphatic carbocycles. The van der Waals surface area contributed by atoms with Crippen LogP contribution < -0.4 is 0 Å². The molecule has 0 spiro atoms. The predicted octanol–water partition coefficient (Wildman–Crippen LogP) is 7.07. The molecule has 0 aliphatic heterocycles. The van der Waals surface area contributed by atoms with Gasteiger partial charge in [0.1, 0.15) is 0 Å². The second kappa shape index (κ2) is 9.89. The Morgan fingerprint density at radius 1 is 0.786 bits per heavy atom. The Balaban J connectivity index is 1.80. The van der Waals surface area contributed by atoms with Crippen molar-refractivity contribution < 1.29 is 9.53 Å². The zero-order chi connectivity index (χ0) is 19.8. The van der Waals surface area contributed by atoms with E-state index in [1.54, 1.807) is 0 Å². The molecule has 0 N–H and O–H groups in total. The summed E-state index contributed by atoms with van der Waals surface area (Å²) in [5.41, 5.74) is 6.38. The van der Waals surface area contributed by atoms with Crippen LogP contribution in [0.5, 0.6) is 0 Å². The Morgan fingerprint density at radius 2 is 1.50 bits per heavy atom. The average Bonchev–Trinajstić information content (AvgIpc) is 2.74. The first-order chi connectivity index (χ1) is 13.7. The number of unbranched alkanes of at least 4 members (excludes halogenated alkanes) is 3. The van der Waals surface area contributed by atoms with Crippen LogP contribution in [0.15, 0.2) is 72.8 Å². The van der Waals surface area contributed by atoms with Crippen LogP contribution in [0.25, 0.3) is 22.3 Å². The largest absolute Gasteiger partial charge is 0.462 e. The van der Waals surface area contributed by atoms with Gasteiger partial charge in [-0.15, -0.1) is 0 Å². The van der Waals surface area contributed by atoms with E-state index in [2.05, 4.69) is 62.4 Å². The Morgan fingerprint density at radius 3 is 2.21 bits per heavy atom. The Kier molecular flexibility index (Phi) is 7.02. The highest BCUT2D eigenvalue weighted by atomic mass is 16.5. The lowest BCUT2D eigenvalue weighted by atomic mass is 9.91. The van der Waals surface area contributed by atoms with Crippen molar-refractivity contribution in [2.45, 2.75) is 39.5 Å². The molecule has 0 aliphatic rings. The third-order valence-corrected chi connectivity index (χ3v) is 5.00. The zero-order valence-electron chi connectivity index (χ0n) is 16.8. The quantitative estimate of drug-likeness (QED) is 0.312. The average molecular weight is 373 g/mol. The minimum absolute atomic E-state index is 0.234. The molecule has 0 heterocycles. The summed E-state index contributed by atoms with van der Waals surface area (Å²) in [4.78, 5) is 12.3. The lowest BCUT2D eigenvalue weighted by molar-refractivity contribution is 0.0497. The van der Waals surface area contributed by atoms with Gasteiger partial charge in [0.05, 0.1) is 12.2 Å². The van der Waals surface area contributed by atoms with Gasteiger partial charge >= 0.3 is 5.97 Å². The minimum Gasteiger partial charge on any atom is -0.462 e. The normalized spacial score (nSPS) is 10.6. The van der Waals surface area contributed by atoms with Crippen molar-refractivity contribution in [3.63, 3.8) is 0 Å². The second-order valence-corrected chi connectivity index (χ2v) is 7.14. The van der Waals surface area contributed by atoms with Crippen LogP contribution in [-0.2, 0) is 4.74 Å². The molecule has 0 saturated carbocycles. The van der Waals surface area contributed by atoms with Gasteiger partial charge in [-0.1, -0.05) is 86.8 Å². The molecular formula is C26H28O2. The fourth-order valence-electron chi connectivity index (χ4n) is 3.46. The summed E-state index contributed by atoms with van der Waals surface area (Å²) >= 11 is 0. The van der Waals surface area contributed by atoms with Gasteiger partial charge in [0.25, 0.3) is 0 Å². The molecule has 0 atom stereocenters. The van der Waals surface area contributed by atoms with Gasteiger partial charge in [-0.2, -0.15) is 0 Å². The van der Waals surface area contributed by atoms with Gasteiger partial charge in [0.2, 0.25) is 0 Å². The predicted molar refractivity (Wildman–Crippen MR) is 116 cm³/mol. The van der Waals surface area contributed by atoms with Crippen molar-refractivity contribution in [3.8, 4) is 22.3 Å². The fraction of sp³-hybridized carbons (Fsp3) is 0.269. The monoisotopic (exact) mass is 372 g/mol. The maximum Gasteiger partial charge on any atom is 0.338 e. The molecule has 0 fully saturated rings.